The fourth-order valence-electron chi connectivity index (χ4n) is 4.40. The molecule has 0 aromatic carbocycles. The van der Waals surface area contributed by atoms with E-state index < -0.39 is 0 Å². The molecule has 2 aromatic rings. The Balaban J connectivity index is 1.22. The third kappa shape index (κ3) is 5.01. The lowest BCUT2D eigenvalue weighted by atomic mass is 9.93. The topological polar surface area (TPSA) is 56.8 Å². The lowest BCUT2D eigenvalue weighted by molar-refractivity contribution is -0.131. The smallest absolute Gasteiger partial charge is 0.263 e. The second-order valence-electron chi connectivity index (χ2n) is 8.26. The van der Waals surface area contributed by atoms with Crippen molar-refractivity contribution >= 4 is 29.0 Å². The van der Waals surface area contributed by atoms with Crippen LogP contribution >= 0.6 is 11.3 Å². The lowest BCUT2D eigenvalue weighted by Gasteiger charge is -2.36. The summed E-state index contributed by atoms with van der Waals surface area (Å²) in [7, 11) is 0. The second-order valence-corrected chi connectivity index (χ2v) is 9.55. The molecule has 0 aliphatic carbocycles. The zero-order chi connectivity index (χ0) is 20.9. The van der Waals surface area contributed by atoms with E-state index in [1.54, 1.807) is 11.3 Å². The third-order valence-electron chi connectivity index (χ3n) is 6.13. The average molecular weight is 427 g/mol. The van der Waals surface area contributed by atoms with Crippen molar-refractivity contribution in [2.45, 2.75) is 32.6 Å². The first-order valence-corrected chi connectivity index (χ1v) is 11.7. The number of nitrogens with zero attached hydrogens (tertiary/aromatic N) is 4. The molecule has 2 aliphatic heterocycles. The van der Waals surface area contributed by atoms with Gasteiger partial charge < -0.3 is 14.7 Å². The molecule has 4 rings (SSSR count). The van der Waals surface area contributed by atoms with E-state index in [0.717, 1.165) is 69.2 Å². The number of aryl methyl sites for hydroxylation is 1. The number of hydrogen-bond donors (Lipinski definition) is 0. The summed E-state index contributed by atoms with van der Waals surface area (Å²) in [5.41, 5.74) is 0. The number of anilines is 1. The van der Waals surface area contributed by atoms with Crippen molar-refractivity contribution < 1.29 is 9.59 Å². The largest absolute Gasteiger partial charge is 0.353 e. The highest BCUT2D eigenvalue weighted by Gasteiger charge is 2.27. The van der Waals surface area contributed by atoms with Crippen LogP contribution in [0.25, 0.3) is 0 Å². The second kappa shape index (κ2) is 9.60. The fraction of sp³-hybridized carbons (Fsp3) is 0.522. The summed E-state index contributed by atoms with van der Waals surface area (Å²) < 4.78 is 0. The van der Waals surface area contributed by atoms with E-state index in [1.165, 1.54) is 4.88 Å². The number of amides is 2. The monoisotopic (exact) mass is 426 g/mol. The van der Waals surface area contributed by atoms with E-state index in [0.29, 0.717) is 12.3 Å². The lowest BCUT2D eigenvalue weighted by Crippen LogP contribution is -2.49. The summed E-state index contributed by atoms with van der Waals surface area (Å²) >= 11 is 1.57. The van der Waals surface area contributed by atoms with Gasteiger partial charge >= 0.3 is 0 Å². The van der Waals surface area contributed by atoms with Gasteiger partial charge in [-0.25, -0.2) is 4.98 Å². The molecule has 0 bridgehead atoms. The van der Waals surface area contributed by atoms with Gasteiger partial charge in [0.15, 0.2) is 0 Å². The van der Waals surface area contributed by atoms with Crippen LogP contribution in [0.15, 0.2) is 36.5 Å². The number of carbonyl (C=O) groups is 2. The predicted molar refractivity (Wildman–Crippen MR) is 120 cm³/mol. The molecule has 7 heteroatoms. The highest BCUT2D eigenvalue weighted by atomic mass is 32.1. The minimum Gasteiger partial charge on any atom is -0.353 e. The van der Waals surface area contributed by atoms with Crippen molar-refractivity contribution in [3.05, 3.63) is 46.3 Å². The van der Waals surface area contributed by atoms with Crippen LogP contribution < -0.4 is 4.90 Å². The molecule has 2 saturated heterocycles. The Morgan fingerprint density at radius 3 is 2.60 bits per heavy atom. The van der Waals surface area contributed by atoms with Crippen molar-refractivity contribution in [3.8, 4) is 0 Å². The highest BCUT2D eigenvalue weighted by Crippen LogP contribution is 2.25. The first-order valence-electron chi connectivity index (χ1n) is 10.9. The van der Waals surface area contributed by atoms with Crippen molar-refractivity contribution in [2.24, 2.45) is 5.92 Å². The molecule has 4 heterocycles. The third-order valence-corrected chi connectivity index (χ3v) is 7.12. The summed E-state index contributed by atoms with van der Waals surface area (Å²) in [4.78, 5) is 38.1. The molecule has 30 heavy (non-hydrogen) atoms. The molecule has 0 unspecified atom stereocenters. The van der Waals surface area contributed by atoms with E-state index >= 15 is 0 Å². The molecule has 2 amide bonds. The van der Waals surface area contributed by atoms with Crippen molar-refractivity contribution in [3.63, 3.8) is 0 Å². The van der Waals surface area contributed by atoms with Gasteiger partial charge in [-0.05, 0) is 56.4 Å². The molecule has 0 radical (unpaired) electrons. The van der Waals surface area contributed by atoms with Crippen molar-refractivity contribution in [1.29, 1.82) is 0 Å². The van der Waals surface area contributed by atoms with Crippen LogP contribution in [0.3, 0.4) is 0 Å². The SMILES string of the molecule is Cc1ccc(C(=O)N2CCC[C@@H](CCC(=O)N3CCN(c4ccccn4)CC3)C2)s1. The van der Waals surface area contributed by atoms with E-state index in [9.17, 15) is 9.59 Å². The maximum atomic E-state index is 12.7. The van der Waals surface area contributed by atoms with Crippen LogP contribution in [-0.2, 0) is 4.79 Å². The fourth-order valence-corrected chi connectivity index (χ4v) is 5.24. The molecule has 2 aliphatic rings. The summed E-state index contributed by atoms with van der Waals surface area (Å²) in [5.74, 6) is 1.79. The molecule has 1 atom stereocenters. The normalized spacial score (nSPS) is 19.8. The number of aromatic nitrogens is 1. The zero-order valence-electron chi connectivity index (χ0n) is 17.6. The van der Waals surface area contributed by atoms with Crippen LogP contribution in [0.2, 0.25) is 0 Å². The zero-order valence-corrected chi connectivity index (χ0v) is 18.4. The Labute approximate surface area is 182 Å². The van der Waals surface area contributed by atoms with Crippen LogP contribution in [-0.4, -0.2) is 65.9 Å². The van der Waals surface area contributed by atoms with Gasteiger partial charge in [0, 0.05) is 56.8 Å². The highest BCUT2D eigenvalue weighted by molar-refractivity contribution is 7.13. The van der Waals surface area contributed by atoms with Crippen LogP contribution in [0, 0.1) is 12.8 Å². The van der Waals surface area contributed by atoms with Gasteiger partial charge in [-0.3, -0.25) is 9.59 Å². The first kappa shape index (κ1) is 20.8. The molecule has 0 N–H and O–H groups in total. The molecule has 2 aromatic heterocycles. The standard InChI is InChI=1S/C23H30N4O2S/c1-18-7-9-20(30-18)23(29)27-12-4-5-19(17-27)8-10-22(28)26-15-13-25(14-16-26)21-6-2-3-11-24-21/h2-3,6-7,9,11,19H,4-5,8,10,12-17H2,1H3/t19-/m0/s1. The number of carbonyl (C=O) groups excluding carboxylic acids is 2. The van der Waals surface area contributed by atoms with E-state index in [1.807, 2.05) is 53.3 Å². The summed E-state index contributed by atoms with van der Waals surface area (Å²) in [6.45, 7) is 6.79. The Morgan fingerprint density at radius 1 is 1.07 bits per heavy atom. The van der Waals surface area contributed by atoms with Gasteiger partial charge in [0.1, 0.15) is 5.82 Å². The Bertz CT molecular complexity index is 861. The quantitative estimate of drug-likeness (QED) is 0.735. The number of likely N-dealkylation sites (tertiary alicyclic amines) is 1. The molecular weight excluding hydrogens is 396 g/mol. The van der Waals surface area contributed by atoms with Crippen LogP contribution in [0.4, 0.5) is 5.82 Å². The van der Waals surface area contributed by atoms with E-state index in [4.69, 9.17) is 0 Å². The number of rotatable bonds is 5. The maximum Gasteiger partial charge on any atom is 0.263 e. The minimum absolute atomic E-state index is 0.148. The van der Waals surface area contributed by atoms with Gasteiger partial charge in [0.25, 0.3) is 5.91 Å². The van der Waals surface area contributed by atoms with Gasteiger partial charge in [0.05, 0.1) is 4.88 Å². The summed E-state index contributed by atoms with van der Waals surface area (Å²) in [6, 6.07) is 9.87. The molecule has 0 saturated carbocycles. The van der Waals surface area contributed by atoms with Crippen molar-refractivity contribution in [2.75, 3.05) is 44.2 Å². The number of thiophene rings is 1. The molecule has 160 valence electrons. The molecule has 6 nitrogen and oxygen atoms in total. The van der Waals surface area contributed by atoms with Gasteiger partial charge in [-0.15, -0.1) is 11.3 Å². The predicted octanol–water partition coefficient (Wildman–Crippen LogP) is 3.43. The van der Waals surface area contributed by atoms with Gasteiger partial charge in [-0.2, -0.15) is 0 Å². The number of piperazine rings is 1. The van der Waals surface area contributed by atoms with E-state index in [2.05, 4.69) is 9.88 Å². The van der Waals surface area contributed by atoms with E-state index in [-0.39, 0.29) is 11.8 Å². The molecule has 2 fully saturated rings. The van der Waals surface area contributed by atoms with Crippen molar-refractivity contribution in [1.82, 2.24) is 14.8 Å². The summed E-state index contributed by atoms with van der Waals surface area (Å²) in [5, 5.41) is 0. The number of hydrogen-bond acceptors (Lipinski definition) is 5. The minimum atomic E-state index is 0.148. The first-order chi connectivity index (χ1) is 14.6. The average Bonchev–Trinajstić information content (AvgIpc) is 3.24. The molecular formula is C23H30N4O2S. The Hall–Kier alpha value is -2.41. The van der Waals surface area contributed by atoms with Gasteiger partial charge in [-0.1, -0.05) is 6.07 Å². The van der Waals surface area contributed by atoms with Gasteiger partial charge in [0.2, 0.25) is 5.91 Å². The molecule has 0 spiro atoms. The maximum absolute atomic E-state index is 12.7. The Morgan fingerprint density at radius 2 is 1.90 bits per heavy atom. The Kier molecular flexibility index (Phi) is 6.67. The summed E-state index contributed by atoms with van der Waals surface area (Å²) in [6.07, 6.45) is 5.39. The number of pyridine rings is 1. The van der Waals surface area contributed by atoms with Crippen LogP contribution in [0.1, 0.15) is 40.2 Å². The van der Waals surface area contributed by atoms with Crippen LogP contribution in [0.5, 0.6) is 0 Å². The number of piperidine rings is 1.